The number of likely N-dealkylation sites (tertiary alicyclic amines) is 1. The summed E-state index contributed by atoms with van der Waals surface area (Å²) in [6, 6.07) is 18.6. The van der Waals surface area contributed by atoms with E-state index in [1.807, 2.05) is 53.4 Å². The predicted molar refractivity (Wildman–Crippen MR) is 103 cm³/mol. The number of rotatable bonds is 4. The number of hydrogen-bond donors (Lipinski definition) is 1. The highest BCUT2D eigenvalue weighted by Gasteiger charge is 2.21. The van der Waals surface area contributed by atoms with E-state index in [9.17, 15) is 4.79 Å². The van der Waals surface area contributed by atoms with Gasteiger partial charge in [0.25, 0.3) is 0 Å². The summed E-state index contributed by atoms with van der Waals surface area (Å²) in [6.45, 7) is 1.60. The molecule has 1 aliphatic heterocycles. The van der Waals surface area contributed by atoms with E-state index in [4.69, 9.17) is 0 Å². The quantitative estimate of drug-likeness (QED) is 0.783. The van der Waals surface area contributed by atoms with E-state index in [-0.39, 0.29) is 5.91 Å². The highest BCUT2D eigenvalue weighted by Crippen LogP contribution is 2.17. The van der Waals surface area contributed by atoms with Crippen LogP contribution >= 0.6 is 15.9 Å². The number of benzene rings is 2. The van der Waals surface area contributed by atoms with Crippen molar-refractivity contribution in [3.05, 3.63) is 70.7 Å². The average molecular weight is 385 g/mol. The molecule has 1 fully saturated rings. The largest absolute Gasteiger partial charge is 0.382 e. The lowest BCUT2D eigenvalue weighted by atomic mass is 10.0. The highest BCUT2D eigenvalue weighted by atomic mass is 79.9. The lowest BCUT2D eigenvalue weighted by molar-refractivity contribution is -0.126. The van der Waals surface area contributed by atoms with Crippen molar-refractivity contribution in [2.24, 2.45) is 0 Å². The second-order valence-corrected chi connectivity index (χ2v) is 6.91. The number of hydrogen-bond acceptors (Lipinski definition) is 2. The molecule has 3 nitrogen and oxygen atoms in total. The Kier molecular flexibility index (Phi) is 5.70. The van der Waals surface area contributed by atoms with Gasteiger partial charge in [-0.2, -0.15) is 0 Å². The number of anilines is 1. The maximum absolute atomic E-state index is 12.3. The van der Waals surface area contributed by atoms with Crippen LogP contribution in [0.25, 0.3) is 6.08 Å². The standard InChI is InChI=1S/C20H21BrN2O/c21-17-9-6-16(7-10-17)8-11-20(24)23-14-12-19(13-15-23)22-18-4-2-1-3-5-18/h1-11,19,22H,12-15H2. The monoisotopic (exact) mass is 384 g/mol. The molecule has 0 radical (unpaired) electrons. The zero-order chi connectivity index (χ0) is 16.8. The van der Waals surface area contributed by atoms with Gasteiger partial charge < -0.3 is 10.2 Å². The molecule has 0 bridgehead atoms. The molecule has 0 spiro atoms. The third-order valence-electron chi connectivity index (χ3n) is 4.24. The van der Waals surface area contributed by atoms with Crippen molar-refractivity contribution in [3.8, 4) is 0 Å². The summed E-state index contributed by atoms with van der Waals surface area (Å²) >= 11 is 3.41. The normalized spacial score (nSPS) is 15.6. The third kappa shape index (κ3) is 4.71. The number of piperidine rings is 1. The molecule has 1 heterocycles. The van der Waals surface area contributed by atoms with E-state index in [0.29, 0.717) is 6.04 Å². The van der Waals surface area contributed by atoms with E-state index in [0.717, 1.165) is 41.7 Å². The number of nitrogens with zero attached hydrogens (tertiary/aromatic N) is 1. The molecule has 2 aromatic rings. The number of nitrogens with one attached hydrogen (secondary N) is 1. The summed E-state index contributed by atoms with van der Waals surface area (Å²) in [7, 11) is 0. The highest BCUT2D eigenvalue weighted by molar-refractivity contribution is 9.10. The average Bonchev–Trinajstić information content (AvgIpc) is 2.62. The summed E-state index contributed by atoms with van der Waals surface area (Å²) in [5.41, 5.74) is 2.18. The topological polar surface area (TPSA) is 32.3 Å². The number of halogens is 1. The zero-order valence-electron chi connectivity index (χ0n) is 13.5. The minimum Gasteiger partial charge on any atom is -0.382 e. The second-order valence-electron chi connectivity index (χ2n) is 5.99. The number of para-hydroxylation sites is 1. The first kappa shape index (κ1) is 16.8. The second kappa shape index (κ2) is 8.15. The van der Waals surface area contributed by atoms with Gasteiger partial charge in [0.1, 0.15) is 0 Å². The lowest BCUT2D eigenvalue weighted by Crippen LogP contribution is -2.41. The molecule has 124 valence electrons. The Labute approximate surface area is 151 Å². The van der Waals surface area contributed by atoms with Crippen LogP contribution in [0.15, 0.2) is 65.1 Å². The first-order valence-corrected chi connectivity index (χ1v) is 9.04. The van der Waals surface area contributed by atoms with Gasteiger partial charge in [-0.15, -0.1) is 0 Å². The molecule has 1 saturated heterocycles. The minimum absolute atomic E-state index is 0.0936. The van der Waals surface area contributed by atoms with E-state index in [2.05, 4.69) is 33.4 Å². The van der Waals surface area contributed by atoms with Gasteiger partial charge in [-0.05, 0) is 48.7 Å². The van der Waals surface area contributed by atoms with Crippen molar-refractivity contribution in [3.63, 3.8) is 0 Å². The van der Waals surface area contributed by atoms with Gasteiger partial charge in [0.2, 0.25) is 5.91 Å². The Morgan fingerprint density at radius 3 is 2.38 bits per heavy atom. The first-order chi connectivity index (χ1) is 11.7. The maximum atomic E-state index is 12.3. The Hall–Kier alpha value is -2.07. The Morgan fingerprint density at radius 2 is 1.71 bits per heavy atom. The van der Waals surface area contributed by atoms with Gasteiger partial charge >= 0.3 is 0 Å². The fraction of sp³-hybridized carbons (Fsp3) is 0.250. The van der Waals surface area contributed by atoms with Gasteiger partial charge in [0.15, 0.2) is 0 Å². The molecule has 4 heteroatoms. The van der Waals surface area contributed by atoms with E-state index in [1.54, 1.807) is 6.08 Å². The fourth-order valence-corrected chi connectivity index (χ4v) is 3.13. The Bertz CT molecular complexity index is 689. The van der Waals surface area contributed by atoms with Crippen LogP contribution in [0.5, 0.6) is 0 Å². The van der Waals surface area contributed by atoms with Crippen LogP contribution < -0.4 is 5.32 Å². The number of carbonyl (C=O) groups is 1. The van der Waals surface area contributed by atoms with E-state index in [1.165, 1.54) is 0 Å². The maximum Gasteiger partial charge on any atom is 0.246 e. The molecule has 3 rings (SSSR count). The Morgan fingerprint density at radius 1 is 1.04 bits per heavy atom. The molecular formula is C20H21BrN2O. The van der Waals surface area contributed by atoms with Gasteiger partial charge in [0.05, 0.1) is 0 Å². The van der Waals surface area contributed by atoms with Crippen molar-refractivity contribution in [1.82, 2.24) is 4.90 Å². The van der Waals surface area contributed by atoms with Crippen LogP contribution in [-0.4, -0.2) is 29.9 Å². The summed E-state index contributed by atoms with van der Waals surface area (Å²) in [5.74, 6) is 0.0936. The molecule has 24 heavy (non-hydrogen) atoms. The predicted octanol–water partition coefficient (Wildman–Crippen LogP) is 4.57. The number of carbonyl (C=O) groups excluding carboxylic acids is 1. The molecule has 1 N–H and O–H groups in total. The van der Waals surface area contributed by atoms with Gasteiger partial charge in [-0.3, -0.25) is 4.79 Å². The fourth-order valence-electron chi connectivity index (χ4n) is 2.86. The van der Waals surface area contributed by atoms with Crippen LogP contribution in [0.4, 0.5) is 5.69 Å². The van der Waals surface area contributed by atoms with Gasteiger partial charge in [0, 0.05) is 35.4 Å². The van der Waals surface area contributed by atoms with E-state index < -0.39 is 0 Å². The van der Waals surface area contributed by atoms with Gasteiger partial charge in [-0.25, -0.2) is 0 Å². The van der Waals surface area contributed by atoms with Gasteiger partial charge in [-0.1, -0.05) is 46.3 Å². The van der Waals surface area contributed by atoms with Crippen molar-refractivity contribution >= 4 is 33.6 Å². The van der Waals surface area contributed by atoms with Crippen molar-refractivity contribution < 1.29 is 4.79 Å². The summed E-state index contributed by atoms with van der Waals surface area (Å²) < 4.78 is 1.04. The van der Waals surface area contributed by atoms with Crippen LogP contribution in [0.2, 0.25) is 0 Å². The molecule has 1 aliphatic rings. The molecule has 0 aliphatic carbocycles. The van der Waals surface area contributed by atoms with E-state index >= 15 is 0 Å². The molecule has 0 saturated carbocycles. The third-order valence-corrected chi connectivity index (χ3v) is 4.77. The van der Waals surface area contributed by atoms with Crippen molar-refractivity contribution in [2.45, 2.75) is 18.9 Å². The van der Waals surface area contributed by atoms with Crippen LogP contribution in [0.3, 0.4) is 0 Å². The van der Waals surface area contributed by atoms with Crippen LogP contribution in [0.1, 0.15) is 18.4 Å². The molecule has 1 amide bonds. The minimum atomic E-state index is 0.0936. The first-order valence-electron chi connectivity index (χ1n) is 8.25. The SMILES string of the molecule is O=C(C=Cc1ccc(Br)cc1)N1CCC(Nc2ccccc2)CC1. The smallest absolute Gasteiger partial charge is 0.246 e. The molecule has 0 aromatic heterocycles. The van der Waals surface area contributed by atoms with Crippen LogP contribution in [0, 0.1) is 0 Å². The summed E-state index contributed by atoms with van der Waals surface area (Å²) in [6.07, 6.45) is 5.51. The van der Waals surface area contributed by atoms with Crippen molar-refractivity contribution in [2.75, 3.05) is 18.4 Å². The van der Waals surface area contributed by atoms with Crippen LogP contribution in [-0.2, 0) is 4.79 Å². The number of amides is 1. The zero-order valence-corrected chi connectivity index (χ0v) is 15.1. The summed E-state index contributed by atoms with van der Waals surface area (Å²) in [5, 5.41) is 3.54. The summed E-state index contributed by atoms with van der Waals surface area (Å²) in [4.78, 5) is 14.2. The Balaban J connectivity index is 1.49. The molecule has 0 atom stereocenters. The molecule has 0 unspecified atom stereocenters. The molecule has 2 aromatic carbocycles. The molecular weight excluding hydrogens is 364 g/mol. The van der Waals surface area contributed by atoms with Crippen molar-refractivity contribution in [1.29, 1.82) is 0 Å². The lowest BCUT2D eigenvalue weighted by Gasteiger charge is -2.32.